The van der Waals surface area contributed by atoms with Gasteiger partial charge < -0.3 is 50.0 Å². The van der Waals surface area contributed by atoms with E-state index < -0.39 is 74.4 Å². The van der Waals surface area contributed by atoms with Crippen molar-refractivity contribution < 1.29 is 50.0 Å². The van der Waals surface area contributed by atoms with Crippen LogP contribution in [0.3, 0.4) is 0 Å². The minimum atomic E-state index is -1.67. The summed E-state index contributed by atoms with van der Waals surface area (Å²) in [5.41, 5.74) is -0.0263. The molecule has 166 valence electrons. The molecule has 0 bridgehead atoms. The fourth-order valence-corrected chi connectivity index (χ4v) is 3.47. The van der Waals surface area contributed by atoms with Crippen molar-refractivity contribution in [2.75, 3.05) is 13.2 Å². The van der Waals surface area contributed by atoms with Crippen LogP contribution < -0.4 is 0 Å². The number of aliphatic hydroxyl groups excluding tert-OH is 7. The van der Waals surface area contributed by atoms with Crippen molar-refractivity contribution in [2.24, 2.45) is 5.41 Å². The van der Waals surface area contributed by atoms with Gasteiger partial charge in [-0.2, -0.15) is 0 Å². The molecule has 0 aliphatic carbocycles. The van der Waals surface area contributed by atoms with E-state index in [1.54, 1.807) is 0 Å². The predicted molar refractivity (Wildman–Crippen MR) is 95.1 cm³/mol. The topological polar surface area (TPSA) is 169 Å². The van der Waals surface area contributed by atoms with Crippen molar-refractivity contribution in [1.82, 2.24) is 0 Å². The third-order valence-corrected chi connectivity index (χ3v) is 5.28. The molecule has 2 heterocycles. The van der Waals surface area contributed by atoms with Crippen LogP contribution >= 0.6 is 0 Å². The number of aliphatic hydroxyl groups is 7. The quantitative estimate of drug-likeness (QED) is 0.248. The summed E-state index contributed by atoms with van der Waals surface area (Å²) in [7, 11) is 0. The number of hydrogen-bond donors (Lipinski definition) is 7. The largest absolute Gasteiger partial charge is 0.394 e. The van der Waals surface area contributed by atoms with Gasteiger partial charge in [0.15, 0.2) is 6.29 Å². The predicted octanol–water partition coefficient (Wildman–Crippen LogP) is -2.52. The van der Waals surface area contributed by atoms with Gasteiger partial charge in [-0.3, -0.25) is 0 Å². The average molecular weight is 410 g/mol. The van der Waals surface area contributed by atoms with Crippen molar-refractivity contribution >= 4 is 0 Å². The Kier molecular flexibility index (Phi) is 8.19. The first-order valence-corrected chi connectivity index (χ1v) is 9.58. The number of hydrogen-bond acceptors (Lipinski definition) is 10. The highest BCUT2D eigenvalue weighted by molar-refractivity contribution is 4.96. The molecule has 2 fully saturated rings. The Morgan fingerprint density at radius 2 is 1.25 bits per heavy atom. The van der Waals surface area contributed by atoms with Crippen molar-refractivity contribution in [3.63, 3.8) is 0 Å². The lowest BCUT2D eigenvalue weighted by molar-refractivity contribution is -0.342. The fraction of sp³-hybridized carbons (Fsp3) is 1.00. The number of ether oxygens (including phenoxy) is 3. The summed E-state index contributed by atoms with van der Waals surface area (Å²) < 4.78 is 16.5. The Balaban J connectivity index is 2.14. The van der Waals surface area contributed by atoms with E-state index in [0.29, 0.717) is 12.8 Å². The van der Waals surface area contributed by atoms with Gasteiger partial charge in [-0.1, -0.05) is 20.8 Å². The third-order valence-electron chi connectivity index (χ3n) is 5.28. The lowest BCUT2D eigenvalue weighted by Gasteiger charge is -2.46. The van der Waals surface area contributed by atoms with Gasteiger partial charge in [0.1, 0.15) is 48.8 Å². The molecule has 10 nitrogen and oxygen atoms in total. The zero-order valence-electron chi connectivity index (χ0n) is 16.5. The van der Waals surface area contributed by atoms with Crippen molar-refractivity contribution in [2.45, 2.75) is 94.8 Å². The molecule has 2 rings (SSSR count). The van der Waals surface area contributed by atoms with Crippen LogP contribution in [0.2, 0.25) is 0 Å². The molecule has 28 heavy (non-hydrogen) atoms. The second-order valence-electron chi connectivity index (χ2n) is 8.77. The molecular weight excluding hydrogens is 376 g/mol. The first-order valence-electron chi connectivity index (χ1n) is 9.58. The standard InChI is InChI=1S/C18H34O10/c1-18(2,3)5-4-8-12(22)16(13(23)10(7-20)26-8)28-17-15(25)14(24)11(21)9(6-19)27-17/h8-17,19-25H,4-7H2,1-3H3/t8?,9?,10?,11-,12+,13?,14?,15-,16+,17+/m0/s1. The first kappa shape index (κ1) is 23.9. The van der Waals surface area contributed by atoms with E-state index in [1.807, 2.05) is 20.8 Å². The second kappa shape index (κ2) is 9.61. The maximum Gasteiger partial charge on any atom is 0.187 e. The lowest BCUT2D eigenvalue weighted by Crippen LogP contribution is -2.64. The molecule has 10 atom stereocenters. The van der Waals surface area contributed by atoms with E-state index in [0.717, 1.165) is 0 Å². The van der Waals surface area contributed by atoms with Crippen LogP contribution in [0.25, 0.3) is 0 Å². The van der Waals surface area contributed by atoms with Crippen LogP contribution in [0.4, 0.5) is 0 Å². The Bertz CT molecular complexity index is 481. The van der Waals surface area contributed by atoms with Gasteiger partial charge in [0.05, 0.1) is 19.3 Å². The smallest absolute Gasteiger partial charge is 0.187 e. The molecular formula is C18H34O10. The van der Waals surface area contributed by atoms with Gasteiger partial charge in [-0.25, -0.2) is 0 Å². The van der Waals surface area contributed by atoms with Crippen molar-refractivity contribution in [3.05, 3.63) is 0 Å². The van der Waals surface area contributed by atoms with E-state index in [4.69, 9.17) is 14.2 Å². The maximum atomic E-state index is 10.7. The molecule has 0 radical (unpaired) electrons. The maximum absolute atomic E-state index is 10.7. The molecule has 5 unspecified atom stereocenters. The molecule has 0 aromatic heterocycles. The SMILES string of the molecule is CC(C)(C)CCC1OC(CO)C(O)[C@H](O[C@H]2OC(CO)[C@H](O)C(O)[C@@H]2O)[C@@H]1O. The Morgan fingerprint density at radius 3 is 1.79 bits per heavy atom. The summed E-state index contributed by atoms with van der Waals surface area (Å²) >= 11 is 0. The van der Waals surface area contributed by atoms with Gasteiger partial charge >= 0.3 is 0 Å². The molecule has 2 aliphatic heterocycles. The zero-order valence-corrected chi connectivity index (χ0v) is 16.5. The van der Waals surface area contributed by atoms with Gasteiger partial charge in [-0.15, -0.1) is 0 Å². The van der Waals surface area contributed by atoms with Crippen molar-refractivity contribution in [1.29, 1.82) is 0 Å². The van der Waals surface area contributed by atoms with Gasteiger partial charge in [0.2, 0.25) is 0 Å². The van der Waals surface area contributed by atoms with E-state index >= 15 is 0 Å². The van der Waals surface area contributed by atoms with Crippen LogP contribution in [-0.4, -0.2) is 110 Å². The fourth-order valence-electron chi connectivity index (χ4n) is 3.47. The molecule has 0 aromatic rings. The van der Waals surface area contributed by atoms with Crippen LogP contribution in [-0.2, 0) is 14.2 Å². The highest BCUT2D eigenvalue weighted by Crippen LogP contribution is 2.32. The molecule has 0 spiro atoms. The summed E-state index contributed by atoms with van der Waals surface area (Å²) in [4.78, 5) is 0. The van der Waals surface area contributed by atoms with Crippen LogP contribution in [0.5, 0.6) is 0 Å². The molecule has 0 aromatic carbocycles. The minimum Gasteiger partial charge on any atom is -0.394 e. The number of rotatable bonds is 6. The first-order chi connectivity index (χ1) is 13.0. The van der Waals surface area contributed by atoms with Gasteiger partial charge in [0.25, 0.3) is 0 Å². The zero-order chi connectivity index (χ0) is 21.2. The summed E-state index contributed by atoms with van der Waals surface area (Å²) in [6.45, 7) is 4.96. The lowest BCUT2D eigenvalue weighted by atomic mass is 9.85. The molecule has 2 saturated heterocycles. The highest BCUT2D eigenvalue weighted by atomic mass is 16.7. The Labute approximate surface area is 164 Å². The molecule has 0 saturated carbocycles. The monoisotopic (exact) mass is 410 g/mol. The van der Waals surface area contributed by atoms with E-state index in [9.17, 15) is 35.7 Å². The second-order valence-corrected chi connectivity index (χ2v) is 8.77. The molecule has 0 amide bonds. The van der Waals surface area contributed by atoms with Crippen molar-refractivity contribution in [3.8, 4) is 0 Å². The summed E-state index contributed by atoms with van der Waals surface area (Å²) in [5, 5.41) is 69.8. The molecule has 7 N–H and O–H groups in total. The Hall–Kier alpha value is -0.400. The van der Waals surface area contributed by atoms with E-state index in [-0.39, 0.29) is 5.41 Å². The van der Waals surface area contributed by atoms with E-state index in [1.165, 1.54) is 0 Å². The average Bonchev–Trinajstić information content (AvgIpc) is 2.63. The minimum absolute atomic E-state index is 0.0263. The summed E-state index contributed by atoms with van der Waals surface area (Å²) in [5.74, 6) is 0. The molecule has 10 heteroatoms. The third kappa shape index (κ3) is 5.39. The molecule has 2 aliphatic rings. The van der Waals surface area contributed by atoms with Gasteiger partial charge in [0, 0.05) is 0 Å². The highest BCUT2D eigenvalue weighted by Gasteiger charge is 2.50. The van der Waals surface area contributed by atoms with E-state index in [2.05, 4.69) is 0 Å². The Morgan fingerprint density at radius 1 is 0.714 bits per heavy atom. The van der Waals surface area contributed by atoms with Crippen LogP contribution in [0.15, 0.2) is 0 Å². The van der Waals surface area contributed by atoms with Gasteiger partial charge in [-0.05, 0) is 18.3 Å². The van der Waals surface area contributed by atoms with Crippen LogP contribution in [0, 0.1) is 5.41 Å². The van der Waals surface area contributed by atoms with Crippen LogP contribution in [0.1, 0.15) is 33.6 Å². The summed E-state index contributed by atoms with van der Waals surface area (Å²) in [6.07, 6.45) is -12.1. The summed E-state index contributed by atoms with van der Waals surface area (Å²) in [6, 6.07) is 0. The normalized spacial score (nSPS) is 45.2.